The van der Waals surface area contributed by atoms with Crippen LogP contribution >= 0.6 is 0 Å². The van der Waals surface area contributed by atoms with Gasteiger partial charge in [-0.3, -0.25) is 9.69 Å². The highest BCUT2D eigenvalue weighted by Gasteiger charge is 2.24. The van der Waals surface area contributed by atoms with Crippen LogP contribution in [-0.2, 0) is 0 Å². The Labute approximate surface area is 128 Å². The van der Waals surface area contributed by atoms with Gasteiger partial charge in [-0.15, -0.1) is 0 Å². The van der Waals surface area contributed by atoms with Crippen molar-refractivity contribution in [2.24, 2.45) is 0 Å². The Morgan fingerprint density at radius 3 is 2.50 bits per heavy atom. The smallest absolute Gasteiger partial charge is 0.289 e. The Morgan fingerprint density at radius 1 is 1.14 bits per heavy atom. The van der Waals surface area contributed by atoms with E-state index in [1.165, 1.54) is 6.26 Å². The highest BCUT2D eigenvalue weighted by molar-refractivity contribution is 5.91. The van der Waals surface area contributed by atoms with Crippen LogP contribution in [0.5, 0.6) is 0 Å². The molecule has 0 aliphatic carbocycles. The third-order valence-electron chi connectivity index (χ3n) is 3.98. The van der Waals surface area contributed by atoms with Crippen molar-refractivity contribution < 1.29 is 18.7 Å². The lowest BCUT2D eigenvalue weighted by molar-refractivity contribution is 0.0568. The molecule has 22 heavy (non-hydrogen) atoms. The number of nitrogens with zero attached hydrogens (tertiary/aromatic N) is 2. The van der Waals surface area contributed by atoms with Crippen molar-refractivity contribution in [2.75, 3.05) is 32.7 Å². The molecular formula is C16H20N2O4. The molecule has 1 atom stereocenters. The molecule has 3 heterocycles. The second-order valence-corrected chi connectivity index (χ2v) is 5.43. The Balaban J connectivity index is 1.43. The first-order chi connectivity index (χ1) is 10.7. The quantitative estimate of drug-likeness (QED) is 0.911. The Hall–Kier alpha value is -2.05. The van der Waals surface area contributed by atoms with Gasteiger partial charge in [0.1, 0.15) is 11.9 Å². The van der Waals surface area contributed by atoms with Gasteiger partial charge < -0.3 is 18.8 Å². The Bertz CT molecular complexity index is 571. The number of hydrogen-bond donors (Lipinski definition) is 1. The molecule has 6 heteroatoms. The number of rotatable bonds is 5. The molecule has 0 bridgehead atoms. The van der Waals surface area contributed by atoms with Crippen molar-refractivity contribution in [3.63, 3.8) is 0 Å². The number of carbonyl (C=O) groups excluding carboxylic acids is 1. The van der Waals surface area contributed by atoms with E-state index in [1.807, 2.05) is 0 Å². The van der Waals surface area contributed by atoms with Crippen LogP contribution in [0.3, 0.4) is 0 Å². The molecule has 1 fully saturated rings. The average Bonchev–Trinajstić information content (AvgIpc) is 3.25. The molecule has 1 amide bonds. The molecule has 6 nitrogen and oxygen atoms in total. The van der Waals surface area contributed by atoms with Gasteiger partial charge in [0.2, 0.25) is 0 Å². The first-order valence-electron chi connectivity index (χ1n) is 7.50. The summed E-state index contributed by atoms with van der Waals surface area (Å²) in [6.07, 6.45) is 3.13. The van der Waals surface area contributed by atoms with Crippen molar-refractivity contribution in [3.8, 4) is 0 Å². The topological polar surface area (TPSA) is 70.1 Å². The Morgan fingerprint density at radius 2 is 1.86 bits per heavy atom. The van der Waals surface area contributed by atoms with Crippen molar-refractivity contribution in [1.82, 2.24) is 9.80 Å². The van der Waals surface area contributed by atoms with Gasteiger partial charge in [-0.1, -0.05) is 0 Å². The maximum Gasteiger partial charge on any atom is 0.289 e. The molecule has 1 unspecified atom stereocenters. The van der Waals surface area contributed by atoms with Gasteiger partial charge >= 0.3 is 0 Å². The minimum atomic E-state index is -0.571. The van der Waals surface area contributed by atoms with Crippen LogP contribution in [0.15, 0.2) is 45.6 Å². The minimum Gasteiger partial charge on any atom is -0.467 e. The van der Waals surface area contributed by atoms with Crippen molar-refractivity contribution in [3.05, 3.63) is 48.3 Å². The van der Waals surface area contributed by atoms with E-state index in [2.05, 4.69) is 4.90 Å². The van der Waals surface area contributed by atoms with Crippen LogP contribution in [0.25, 0.3) is 0 Å². The summed E-state index contributed by atoms with van der Waals surface area (Å²) >= 11 is 0. The van der Waals surface area contributed by atoms with Crippen LogP contribution < -0.4 is 0 Å². The number of piperazine rings is 1. The number of aliphatic hydroxyl groups is 1. The van der Waals surface area contributed by atoms with E-state index in [1.54, 1.807) is 35.4 Å². The molecule has 1 aliphatic heterocycles. The first-order valence-corrected chi connectivity index (χ1v) is 7.50. The van der Waals surface area contributed by atoms with E-state index >= 15 is 0 Å². The number of carbonyl (C=O) groups is 1. The molecule has 0 aromatic carbocycles. The lowest BCUT2D eigenvalue weighted by atomic mass is 10.2. The second-order valence-electron chi connectivity index (χ2n) is 5.43. The zero-order valence-electron chi connectivity index (χ0n) is 12.4. The molecule has 2 aromatic heterocycles. The molecule has 0 saturated carbocycles. The lowest BCUT2D eigenvalue weighted by Crippen LogP contribution is -2.48. The zero-order valence-corrected chi connectivity index (χ0v) is 12.4. The molecule has 0 spiro atoms. The molecular weight excluding hydrogens is 284 g/mol. The summed E-state index contributed by atoms with van der Waals surface area (Å²) in [6, 6.07) is 6.97. The van der Waals surface area contributed by atoms with Crippen molar-refractivity contribution in [1.29, 1.82) is 0 Å². The predicted octanol–water partition coefficient (Wildman–Crippen LogP) is 1.75. The third-order valence-corrected chi connectivity index (χ3v) is 3.98. The average molecular weight is 304 g/mol. The third kappa shape index (κ3) is 3.40. The molecule has 0 radical (unpaired) electrons. The van der Waals surface area contributed by atoms with Gasteiger partial charge in [-0.05, 0) is 30.7 Å². The van der Waals surface area contributed by atoms with Gasteiger partial charge in [0.15, 0.2) is 5.76 Å². The van der Waals surface area contributed by atoms with Crippen LogP contribution in [0.4, 0.5) is 0 Å². The van der Waals surface area contributed by atoms with E-state index < -0.39 is 6.10 Å². The Kier molecular flexibility index (Phi) is 4.60. The fourth-order valence-electron chi connectivity index (χ4n) is 2.66. The summed E-state index contributed by atoms with van der Waals surface area (Å²) < 4.78 is 10.3. The number of furan rings is 2. The largest absolute Gasteiger partial charge is 0.467 e. The van der Waals surface area contributed by atoms with Gasteiger partial charge in [0.05, 0.1) is 12.5 Å². The number of amides is 1. The van der Waals surface area contributed by atoms with E-state index in [0.29, 0.717) is 31.0 Å². The number of hydrogen-bond acceptors (Lipinski definition) is 5. The summed E-state index contributed by atoms with van der Waals surface area (Å²) in [5, 5.41) is 10.0. The van der Waals surface area contributed by atoms with E-state index in [9.17, 15) is 9.90 Å². The van der Waals surface area contributed by atoms with Crippen LogP contribution in [0.2, 0.25) is 0 Å². The lowest BCUT2D eigenvalue weighted by Gasteiger charge is -2.34. The summed E-state index contributed by atoms with van der Waals surface area (Å²) in [5.41, 5.74) is 0. The van der Waals surface area contributed by atoms with Gasteiger partial charge in [-0.25, -0.2) is 0 Å². The molecule has 1 N–H and O–H groups in total. The molecule has 2 aromatic rings. The van der Waals surface area contributed by atoms with Crippen LogP contribution in [0, 0.1) is 0 Å². The van der Waals surface area contributed by atoms with Gasteiger partial charge in [0, 0.05) is 32.7 Å². The molecule has 1 aliphatic rings. The van der Waals surface area contributed by atoms with E-state index in [0.717, 1.165) is 19.6 Å². The fraction of sp³-hybridized carbons (Fsp3) is 0.438. The van der Waals surface area contributed by atoms with Crippen molar-refractivity contribution in [2.45, 2.75) is 12.5 Å². The van der Waals surface area contributed by atoms with Crippen LogP contribution in [0.1, 0.15) is 28.8 Å². The van der Waals surface area contributed by atoms with Gasteiger partial charge in [0.25, 0.3) is 5.91 Å². The maximum atomic E-state index is 12.2. The summed E-state index contributed by atoms with van der Waals surface area (Å²) in [6.45, 7) is 3.74. The first kappa shape index (κ1) is 14.9. The molecule has 3 rings (SSSR count). The zero-order chi connectivity index (χ0) is 15.4. The SMILES string of the molecule is O=C(c1ccco1)N1CCN(CCC(O)c2ccco2)CC1. The maximum absolute atomic E-state index is 12.2. The normalized spacial score (nSPS) is 17.6. The molecule has 1 saturated heterocycles. The van der Waals surface area contributed by atoms with Gasteiger partial charge in [-0.2, -0.15) is 0 Å². The predicted molar refractivity (Wildman–Crippen MR) is 79.3 cm³/mol. The van der Waals surface area contributed by atoms with E-state index in [-0.39, 0.29) is 5.91 Å². The highest BCUT2D eigenvalue weighted by Crippen LogP contribution is 2.18. The summed E-state index contributed by atoms with van der Waals surface area (Å²) in [4.78, 5) is 16.2. The van der Waals surface area contributed by atoms with Crippen LogP contribution in [-0.4, -0.2) is 53.5 Å². The molecule has 118 valence electrons. The summed E-state index contributed by atoms with van der Waals surface area (Å²) in [7, 11) is 0. The van der Waals surface area contributed by atoms with Crippen molar-refractivity contribution >= 4 is 5.91 Å². The summed E-state index contributed by atoms with van der Waals surface area (Å²) in [5.74, 6) is 0.939. The van der Waals surface area contributed by atoms with E-state index in [4.69, 9.17) is 8.83 Å². The standard InChI is InChI=1S/C16H20N2O4/c19-13(14-3-1-11-21-14)5-6-17-7-9-18(10-8-17)16(20)15-4-2-12-22-15/h1-4,11-13,19H,5-10H2. The highest BCUT2D eigenvalue weighted by atomic mass is 16.4. The monoisotopic (exact) mass is 304 g/mol. The minimum absolute atomic E-state index is 0.0553. The number of aliphatic hydroxyl groups excluding tert-OH is 1. The fourth-order valence-corrected chi connectivity index (χ4v) is 2.66. The second kappa shape index (κ2) is 6.81.